The summed E-state index contributed by atoms with van der Waals surface area (Å²) in [6.45, 7) is 4.45. The van der Waals surface area contributed by atoms with Crippen molar-refractivity contribution in [3.8, 4) is 5.75 Å². The first-order valence-electron chi connectivity index (χ1n) is 7.74. The number of hydrogen-bond donors (Lipinski definition) is 1. The number of rotatable bonds is 2. The summed E-state index contributed by atoms with van der Waals surface area (Å²) < 4.78 is 5.44. The third kappa shape index (κ3) is 3.20. The van der Waals surface area contributed by atoms with Crippen LogP contribution in [0.3, 0.4) is 0 Å². The molecule has 1 aromatic rings. The van der Waals surface area contributed by atoms with Crippen molar-refractivity contribution in [3.63, 3.8) is 0 Å². The van der Waals surface area contributed by atoms with Gasteiger partial charge in [-0.2, -0.15) is 0 Å². The van der Waals surface area contributed by atoms with E-state index in [1.165, 1.54) is 31.2 Å². The molecule has 1 heterocycles. The van der Waals surface area contributed by atoms with E-state index in [4.69, 9.17) is 9.73 Å². The number of nitrogens with one attached hydrogen (secondary N) is 1. The van der Waals surface area contributed by atoms with Gasteiger partial charge in [0.1, 0.15) is 5.75 Å². The van der Waals surface area contributed by atoms with Crippen LogP contribution in [0, 0.1) is 12.8 Å². The SMILES string of the molecule is COc1ccc(C)cc1NC1=NC2(CCCC(C)C2)CS1. The molecule has 1 aliphatic carbocycles. The van der Waals surface area contributed by atoms with E-state index >= 15 is 0 Å². The molecule has 1 fully saturated rings. The molecule has 3 nitrogen and oxygen atoms in total. The van der Waals surface area contributed by atoms with Crippen LogP contribution < -0.4 is 10.1 Å². The molecule has 2 aliphatic rings. The molecule has 3 rings (SSSR count). The molecule has 21 heavy (non-hydrogen) atoms. The molecule has 0 bridgehead atoms. The number of nitrogens with zero attached hydrogens (tertiary/aromatic N) is 1. The normalized spacial score (nSPS) is 28.5. The Labute approximate surface area is 131 Å². The maximum Gasteiger partial charge on any atom is 0.161 e. The molecule has 1 N–H and O–H groups in total. The van der Waals surface area contributed by atoms with Gasteiger partial charge < -0.3 is 10.1 Å². The number of thioether (sulfide) groups is 1. The van der Waals surface area contributed by atoms with E-state index in [1.54, 1.807) is 7.11 Å². The number of aryl methyl sites for hydroxylation is 1. The molecule has 0 amide bonds. The molecule has 0 radical (unpaired) electrons. The molecule has 1 aromatic carbocycles. The Kier molecular flexibility index (Phi) is 4.16. The largest absolute Gasteiger partial charge is 0.495 e. The third-order valence-corrected chi connectivity index (χ3v) is 5.63. The Hall–Kier alpha value is -1.16. The maximum absolute atomic E-state index is 5.44. The van der Waals surface area contributed by atoms with E-state index in [-0.39, 0.29) is 5.54 Å². The average molecular weight is 304 g/mol. The molecule has 2 atom stereocenters. The van der Waals surface area contributed by atoms with Crippen LogP contribution in [0.2, 0.25) is 0 Å². The molecule has 1 spiro atoms. The first kappa shape index (κ1) is 14.8. The molecule has 4 heteroatoms. The van der Waals surface area contributed by atoms with E-state index in [1.807, 2.05) is 17.8 Å². The number of anilines is 1. The lowest BCUT2D eigenvalue weighted by Crippen LogP contribution is -2.33. The van der Waals surface area contributed by atoms with Gasteiger partial charge in [0.05, 0.1) is 18.3 Å². The number of aliphatic imine (C=N–C) groups is 1. The lowest BCUT2D eigenvalue weighted by atomic mass is 9.78. The second-order valence-electron chi connectivity index (χ2n) is 6.46. The summed E-state index contributed by atoms with van der Waals surface area (Å²) in [4.78, 5) is 5.04. The van der Waals surface area contributed by atoms with Gasteiger partial charge in [-0.3, -0.25) is 4.99 Å². The van der Waals surface area contributed by atoms with Crippen LogP contribution in [-0.4, -0.2) is 23.6 Å². The fraction of sp³-hybridized carbons (Fsp3) is 0.588. The minimum absolute atomic E-state index is 0.182. The summed E-state index contributed by atoms with van der Waals surface area (Å²) in [5, 5.41) is 4.52. The second kappa shape index (κ2) is 5.91. The fourth-order valence-corrected chi connectivity index (χ4v) is 4.62. The molecule has 2 unspecified atom stereocenters. The first-order valence-corrected chi connectivity index (χ1v) is 8.73. The minimum atomic E-state index is 0.182. The third-order valence-electron chi connectivity index (χ3n) is 4.48. The molecule has 1 saturated carbocycles. The lowest BCUT2D eigenvalue weighted by Gasteiger charge is -2.33. The van der Waals surface area contributed by atoms with E-state index in [0.29, 0.717) is 0 Å². The highest BCUT2D eigenvalue weighted by molar-refractivity contribution is 8.14. The van der Waals surface area contributed by atoms with Crippen molar-refractivity contribution < 1.29 is 4.74 Å². The Morgan fingerprint density at radius 1 is 1.43 bits per heavy atom. The van der Waals surface area contributed by atoms with Gasteiger partial charge in [-0.05, 0) is 43.4 Å². The van der Waals surface area contributed by atoms with Gasteiger partial charge in [-0.15, -0.1) is 0 Å². The molecular formula is C17H24N2OS. The van der Waals surface area contributed by atoms with Crippen molar-refractivity contribution in [2.75, 3.05) is 18.2 Å². The predicted octanol–water partition coefficient (Wildman–Crippen LogP) is 4.47. The number of benzene rings is 1. The molecule has 0 saturated heterocycles. The van der Waals surface area contributed by atoms with Gasteiger partial charge in [0.15, 0.2) is 5.17 Å². The zero-order valence-corrected chi connectivity index (χ0v) is 13.9. The van der Waals surface area contributed by atoms with E-state index in [0.717, 1.165) is 28.3 Å². The monoisotopic (exact) mass is 304 g/mol. The van der Waals surface area contributed by atoms with E-state index in [2.05, 4.69) is 31.3 Å². The van der Waals surface area contributed by atoms with Crippen molar-refractivity contribution >= 4 is 22.6 Å². The fourth-order valence-electron chi connectivity index (χ4n) is 3.45. The van der Waals surface area contributed by atoms with Crippen molar-refractivity contribution in [2.24, 2.45) is 10.9 Å². The van der Waals surface area contributed by atoms with Gasteiger partial charge in [-0.1, -0.05) is 37.6 Å². The summed E-state index contributed by atoms with van der Waals surface area (Å²) in [5.41, 5.74) is 2.43. The van der Waals surface area contributed by atoms with Crippen molar-refractivity contribution in [1.82, 2.24) is 0 Å². The predicted molar refractivity (Wildman–Crippen MR) is 91.6 cm³/mol. The van der Waals surface area contributed by atoms with E-state index < -0.39 is 0 Å². The summed E-state index contributed by atoms with van der Waals surface area (Å²) in [7, 11) is 1.71. The van der Waals surface area contributed by atoms with Gasteiger partial charge in [0, 0.05) is 5.75 Å². The Morgan fingerprint density at radius 2 is 2.29 bits per heavy atom. The zero-order chi connectivity index (χ0) is 14.9. The van der Waals surface area contributed by atoms with Gasteiger partial charge >= 0.3 is 0 Å². The van der Waals surface area contributed by atoms with Crippen LogP contribution in [-0.2, 0) is 0 Å². The van der Waals surface area contributed by atoms with Crippen molar-refractivity contribution in [3.05, 3.63) is 23.8 Å². The minimum Gasteiger partial charge on any atom is -0.495 e. The van der Waals surface area contributed by atoms with Gasteiger partial charge in [0.2, 0.25) is 0 Å². The van der Waals surface area contributed by atoms with Crippen LogP contribution in [0.25, 0.3) is 0 Å². The Morgan fingerprint density at radius 3 is 3.05 bits per heavy atom. The van der Waals surface area contributed by atoms with Gasteiger partial charge in [0.25, 0.3) is 0 Å². The average Bonchev–Trinajstić information content (AvgIpc) is 2.81. The van der Waals surface area contributed by atoms with Crippen LogP contribution >= 0.6 is 11.8 Å². The standard InChI is InChI=1S/C17H24N2OS/c1-12-6-7-15(20-3)14(9-12)18-16-19-17(11-21-16)8-4-5-13(2)10-17/h6-7,9,13H,4-5,8,10-11H2,1-3H3,(H,18,19). The van der Waals surface area contributed by atoms with Crippen LogP contribution in [0.5, 0.6) is 5.75 Å². The zero-order valence-electron chi connectivity index (χ0n) is 13.1. The van der Waals surface area contributed by atoms with Crippen molar-refractivity contribution in [2.45, 2.75) is 45.1 Å². The topological polar surface area (TPSA) is 33.6 Å². The highest BCUT2D eigenvalue weighted by Crippen LogP contribution is 2.42. The van der Waals surface area contributed by atoms with Crippen LogP contribution in [0.15, 0.2) is 23.2 Å². The molecule has 0 aromatic heterocycles. The number of ether oxygens (including phenoxy) is 1. The highest BCUT2D eigenvalue weighted by atomic mass is 32.2. The van der Waals surface area contributed by atoms with E-state index in [9.17, 15) is 0 Å². The molecule has 114 valence electrons. The first-order chi connectivity index (χ1) is 10.1. The Balaban J connectivity index is 1.78. The maximum atomic E-state index is 5.44. The second-order valence-corrected chi connectivity index (χ2v) is 7.42. The summed E-state index contributed by atoms with van der Waals surface area (Å²) in [6.07, 6.45) is 5.14. The number of methoxy groups -OCH3 is 1. The number of amidine groups is 1. The smallest absolute Gasteiger partial charge is 0.161 e. The van der Waals surface area contributed by atoms with Crippen molar-refractivity contribution in [1.29, 1.82) is 0 Å². The van der Waals surface area contributed by atoms with Gasteiger partial charge in [-0.25, -0.2) is 0 Å². The quantitative estimate of drug-likeness (QED) is 0.875. The highest BCUT2D eigenvalue weighted by Gasteiger charge is 2.39. The Bertz CT molecular complexity index is 558. The summed E-state index contributed by atoms with van der Waals surface area (Å²) in [5.74, 6) is 2.80. The summed E-state index contributed by atoms with van der Waals surface area (Å²) in [6, 6.07) is 6.20. The molecule has 1 aliphatic heterocycles. The lowest BCUT2D eigenvalue weighted by molar-refractivity contribution is 0.266. The summed E-state index contributed by atoms with van der Waals surface area (Å²) >= 11 is 1.85. The number of hydrogen-bond acceptors (Lipinski definition) is 4. The molecular weight excluding hydrogens is 280 g/mol. The van der Waals surface area contributed by atoms with Crippen LogP contribution in [0.1, 0.15) is 38.2 Å². The van der Waals surface area contributed by atoms with Crippen LogP contribution in [0.4, 0.5) is 5.69 Å².